The van der Waals surface area contributed by atoms with Gasteiger partial charge in [0, 0.05) is 18.3 Å². The maximum absolute atomic E-state index is 13.1. The highest BCUT2D eigenvalue weighted by molar-refractivity contribution is 6.33. The number of hydrogen-bond donors (Lipinski definition) is 2. The summed E-state index contributed by atoms with van der Waals surface area (Å²) in [7, 11) is 5.91. The largest absolute Gasteiger partial charge is 0.350 e. The summed E-state index contributed by atoms with van der Waals surface area (Å²) in [5, 5.41) is 10.1. The summed E-state index contributed by atoms with van der Waals surface area (Å²) >= 11 is 12.2. The first-order valence-corrected chi connectivity index (χ1v) is 9.81. The van der Waals surface area contributed by atoms with Crippen LogP contribution in [0.15, 0.2) is 36.5 Å². The topological polar surface area (TPSA) is 88.9 Å². The Kier molecular flexibility index (Phi) is 6.48. The Morgan fingerprint density at radius 2 is 1.90 bits per heavy atom. The van der Waals surface area contributed by atoms with Gasteiger partial charge in [0.1, 0.15) is 13.5 Å². The molecule has 0 aliphatic rings. The summed E-state index contributed by atoms with van der Waals surface area (Å²) in [5.41, 5.74) is 1.73. The summed E-state index contributed by atoms with van der Waals surface area (Å²) in [4.78, 5) is 29.9. The summed E-state index contributed by atoms with van der Waals surface area (Å²) in [6.45, 7) is 5.43. The number of nitrogens with one attached hydrogen (secondary N) is 2. The number of anilines is 1. The van der Waals surface area contributed by atoms with Gasteiger partial charge in [-0.3, -0.25) is 9.59 Å². The maximum atomic E-state index is 13.1. The number of aromatic nitrogens is 3. The van der Waals surface area contributed by atoms with Crippen molar-refractivity contribution in [2.45, 2.75) is 26.8 Å². The Balaban J connectivity index is 2.02. The summed E-state index contributed by atoms with van der Waals surface area (Å²) in [5.74, 6) is -0.638. The number of aryl methyl sites for hydroxylation is 1. The van der Waals surface area contributed by atoms with Crippen LogP contribution in [0.4, 0.5) is 5.69 Å². The van der Waals surface area contributed by atoms with Gasteiger partial charge in [0.25, 0.3) is 11.8 Å². The number of nitrogens with zero attached hydrogens (tertiary/aromatic N) is 3. The Hall–Kier alpha value is -2.84. The Morgan fingerprint density at radius 1 is 1.17 bits per heavy atom. The molecule has 0 saturated carbocycles. The van der Waals surface area contributed by atoms with Gasteiger partial charge in [-0.2, -0.15) is 5.10 Å². The molecule has 0 saturated heterocycles. The smallest absolute Gasteiger partial charge is 0.274 e. The van der Waals surface area contributed by atoms with Crippen molar-refractivity contribution in [3.8, 4) is 5.82 Å². The molecule has 0 bridgehead atoms. The molecule has 2 N–H and O–H groups in total. The zero-order valence-electron chi connectivity index (χ0n) is 16.5. The van der Waals surface area contributed by atoms with E-state index in [1.54, 1.807) is 25.1 Å². The number of carbonyl (C=O) groups is 2. The third-order valence-electron chi connectivity index (χ3n) is 4.11. The third-order valence-corrected chi connectivity index (χ3v) is 4.59. The van der Waals surface area contributed by atoms with Gasteiger partial charge in [0.2, 0.25) is 0 Å². The zero-order chi connectivity index (χ0) is 22.0. The molecule has 0 aliphatic heterocycles. The van der Waals surface area contributed by atoms with E-state index in [1.807, 2.05) is 13.8 Å². The predicted octanol–water partition coefficient (Wildman–Crippen LogP) is 3.07. The number of carbonyl (C=O) groups excluding carboxylic acids is 2. The van der Waals surface area contributed by atoms with Gasteiger partial charge in [-0.25, -0.2) is 9.67 Å². The van der Waals surface area contributed by atoms with Crippen molar-refractivity contribution in [3.63, 3.8) is 0 Å². The minimum absolute atomic E-state index is 0.0886. The van der Waals surface area contributed by atoms with E-state index >= 15 is 0 Å². The van der Waals surface area contributed by atoms with Gasteiger partial charge in [-0.1, -0.05) is 40.8 Å². The first-order valence-electron chi connectivity index (χ1n) is 9.06. The maximum Gasteiger partial charge on any atom is 0.274 e. The lowest BCUT2D eigenvalue weighted by molar-refractivity contribution is 0.0944. The van der Waals surface area contributed by atoms with Gasteiger partial charge in [-0.15, -0.1) is 0 Å². The molecule has 0 fully saturated rings. The average Bonchev–Trinajstić information content (AvgIpc) is 3.05. The van der Waals surface area contributed by atoms with Crippen molar-refractivity contribution < 1.29 is 9.59 Å². The lowest BCUT2D eigenvalue weighted by atomic mass is 9.90. The molecule has 3 rings (SSSR count). The fraction of sp³-hybridized carbons (Fsp3) is 0.200. The van der Waals surface area contributed by atoms with Crippen molar-refractivity contribution in [1.29, 1.82) is 0 Å². The Morgan fingerprint density at radius 3 is 2.57 bits per heavy atom. The lowest BCUT2D eigenvalue weighted by Gasteiger charge is -2.17. The number of benzene rings is 1. The van der Waals surface area contributed by atoms with Crippen LogP contribution in [-0.4, -0.2) is 40.5 Å². The molecule has 2 aromatic heterocycles. The van der Waals surface area contributed by atoms with Crippen LogP contribution < -0.4 is 16.1 Å². The number of amides is 2. The van der Waals surface area contributed by atoms with Crippen molar-refractivity contribution in [1.82, 2.24) is 20.1 Å². The van der Waals surface area contributed by atoms with Crippen LogP contribution in [0.3, 0.4) is 0 Å². The monoisotopic (exact) mass is 441 g/mol. The molecule has 0 aliphatic carbocycles. The van der Waals surface area contributed by atoms with Crippen LogP contribution in [0.1, 0.15) is 40.3 Å². The molecule has 7 nitrogen and oxygen atoms in total. The van der Waals surface area contributed by atoms with Gasteiger partial charge >= 0.3 is 0 Å². The van der Waals surface area contributed by atoms with E-state index < -0.39 is 5.91 Å². The Bertz CT molecular complexity index is 1130. The molecule has 0 atom stereocenters. The van der Waals surface area contributed by atoms with Crippen molar-refractivity contribution in [3.05, 3.63) is 63.5 Å². The Labute approximate surface area is 185 Å². The summed E-state index contributed by atoms with van der Waals surface area (Å²) in [6, 6.07) is 7.77. The minimum Gasteiger partial charge on any atom is -0.350 e. The molecule has 1 aromatic carbocycles. The van der Waals surface area contributed by atoms with Crippen LogP contribution in [0.25, 0.3) is 5.82 Å². The molecular formula is C20H18BCl2N5O2. The normalized spacial score (nSPS) is 10.9. The molecule has 2 heterocycles. The standard InChI is InChI=1S/C20H18BCl2N5O2/c1-10(2)25-19(29)13-8-12(21)7-11(3)17(13)26-20(30)15-9-16(23)27-28(15)18-14(22)5-4-6-24-18/h4-10H,1-3H3,(H,25,29)(H,26,30). The van der Waals surface area contributed by atoms with Crippen molar-refractivity contribution in [2.75, 3.05) is 5.32 Å². The van der Waals surface area contributed by atoms with Gasteiger partial charge in [0.15, 0.2) is 11.0 Å². The number of pyridine rings is 1. The molecule has 10 heteroatoms. The second-order valence-electron chi connectivity index (χ2n) is 6.92. The van der Waals surface area contributed by atoms with Crippen LogP contribution >= 0.6 is 23.2 Å². The van der Waals surface area contributed by atoms with Gasteiger partial charge in [0.05, 0.1) is 16.3 Å². The van der Waals surface area contributed by atoms with Crippen LogP contribution in [-0.2, 0) is 0 Å². The summed E-state index contributed by atoms with van der Waals surface area (Å²) < 4.78 is 1.25. The second kappa shape index (κ2) is 8.89. The molecule has 2 amide bonds. The highest BCUT2D eigenvalue weighted by Crippen LogP contribution is 2.24. The average molecular weight is 442 g/mol. The van der Waals surface area contributed by atoms with E-state index in [0.717, 1.165) is 0 Å². The molecule has 0 unspecified atom stereocenters. The highest BCUT2D eigenvalue weighted by atomic mass is 35.5. The van der Waals surface area contributed by atoms with Crippen LogP contribution in [0, 0.1) is 6.92 Å². The van der Waals surface area contributed by atoms with Crippen LogP contribution in [0.2, 0.25) is 10.2 Å². The highest BCUT2D eigenvalue weighted by Gasteiger charge is 2.22. The molecule has 30 heavy (non-hydrogen) atoms. The fourth-order valence-electron chi connectivity index (χ4n) is 2.89. The van der Waals surface area contributed by atoms with E-state index in [-0.39, 0.29) is 34.2 Å². The first-order chi connectivity index (χ1) is 14.2. The van der Waals surface area contributed by atoms with Crippen molar-refractivity contribution >= 4 is 54.0 Å². The first kappa shape index (κ1) is 21.9. The van der Waals surface area contributed by atoms with E-state index in [1.165, 1.54) is 23.0 Å². The van der Waals surface area contributed by atoms with E-state index in [0.29, 0.717) is 21.7 Å². The molecule has 0 spiro atoms. The van der Waals surface area contributed by atoms with E-state index in [2.05, 4.69) is 20.7 Å². The third kappa shape index (κ3) is 4.66. The van der Waals surface area contributed by atoms with Crippen molar-refractivity contribution in [2.24, 2.45) is 0 Å². The minimum atomic E-state index is -0.539. The molecule has 2 radical (unpaired) electrons. The molecular weight excluding hydrogens is 424 g/mol. The van der Waals surface area contributed by atoms with Gasteiger partial charge < -0.3 is 10.6 Å². The van der Waals surface area contributed by atoms with Crippen LogP contribution in [0.5, 0.6) is 0 Å². The lowest BCUT2D eigenvalue weighted by Crippen LogP contribution is -2.32. The summed E-state index contributed by atoms with van der Waals surface area (Å²) in [6.07, 6.45) is 1.52. The molecule has 152 valence electrons. The SMILES string of the molecule is [B]c1cc(C)c(NC(=O)c2cc(Cl)nn2-c2ncccc2Cl)c(C(=O)NC(C)C)c1. The van der Waals surface area contributed by atoms with E-state index in [9.17, 15) is 9.59 Å². The second-order valence-corrected chi connectivity index (χ2v) is 7.71. The fourth-order valence-corrected chi connectivity index (χ4v) is 3.27. The van der Waals surface area contributed by atoms with Gasteiger partial charge in [-0.05, 0) is 38.5 Å². The number of hydrogen-bond acceptors (Lipinski definition) is 4. The number of rotatable bonds is 5. The molecule has 3 aromatic rings. The van der Waals surface area contributed by atoms with E-state index in [4.69, 9.17) is 31.0 Å². The predicted molar refractivity (Wildman–Crippen MR) is 119 cm³/mol. The number of halogens is 2. The quantitative estimate of drug-likeness (QED) is 0.595. The zero-order valence-corrected chi connectivity index (χ0v) is 18.0.